The quantitative estimate of drug-likeness (QED) is 0.732. The minimum absolute atomic E-state index is 0.213. The molecule has 7 heteroatoms. The molecule has 1 aliphatic carbocycles. The number of hydrogen-bond acceptors (Lipinski definition) is 4. The highest BCUT2D eigenvalue weighted by Gasteiger charge is 2.34. The molecule has 6 nitrogen and oxygen atoms in total. The van der Waals surface area contributed by atoms with E-state index in [1.165, 1.54) is 25.7 Å². The van der Waals surface area contributed by atoms with Crippen molar-refractivity contribution in [1.82, 2.24) is 14.1 Å². The zero-order chi connectivity index (χ0) is 21.3. The van der Waals surface area contributed by atoms with E-state index in [-0.39, 0.29) is 5.91 Å². The van der Waals surface area contributed by atoms with E-state index in [4.69, 9.17) is 0 Å². The van der Waals surface area contributed by atoms with Gasteiger partial charge in [-0.2, -0.15) is 4.31 Å². The van der Waals surface area contributed by atoms with Crippen molar-refractivity contribution in [3.05, 3.63) is 29.3 Å². The molecular formula is C23H35N3O3S. The average Bonchev–Trinajstić information content (AvgIpc) is 2.75. The minimum Gasteiger partial charge on any atom is -0.341 e. The van der Waals surface area contributed by atoms with E-state index in [0.717, 1.165) is 36.6 Å². The third kappa shape index (κ3) is 4.58. The normalized spacial score (nSPS) is 26.4. The van der Waals surface area contributed by atoms with Crippen molar-refractivity contribution >= 4 is 15.9 Å². The molecule has 0 spiro atoms. The van der Waals surface area contributed by atoms with Gasteiger partial charge in [-0.1, -0.05) is 31.4 Å². The van der Waals surface area contributed by atoms with Crippen molar-refractivity contribution in [2.75, 3.05) is 45.8 Å². The monoisotopic (exact) mass is 433 g/mol. The lowest BCUT2D eigenvalue weighted by Crippen LogP contribution is -2.53. The molecule has 0 aromatic heterocycles. The molecule has 1 aromatic rings. The summed E-state index contributed by atoms with van der Waals surface area (Å²) in [5, 5.41) is 0. The number of rotatable bonds is 4. The Labute approximate surface area is 181 Å². The summed E-state index contributed by atoms with van der Waals surface area (Å²) in [6.45, 7) is 8.07. The van der Waals surface area contributed by atoms with E-state index >= 15 is 0 Å². The Morgan fingerprint density at radius 1 is 0.967 bits per heavy atom. The predicted molar refractivity (Wildman–Crippen MR) is 118 cm³/mol. The van der Waals surface area contributed by atoms with Gasteiger partial charge < -0.3 is 4.90 Å². The lowest BCUT2D eigenvalue weighted by atomic mass is 9.75. The van der Waals surface area contributed by atoms with E-state index in [2.05, 4.69) is 9.80 Å². The van der Waals surface area contributed by atoms with Crippen LogP contribution in [0.1, 0.15) is 43.2 Å². The molecular weight excluding hydrogens is 398 g/mol. The van der Waals surface area contributed by atoms with Gasteiger partial charge in [0.25, 0.3) is 0 Å². The van der Waals surface area contributed by atoms with Crippen LogP contribution in [0, 0.1) is 25.7 Å². The molecule has 3 aliphatic rings. The number of carbonyl (C=O) groups excluding carboxylic acids is 1. The molecule has 0 radical (unpaired) electrons. The van der Waals surface area contributed by atoms with Crippen molar-refractivity contribution in [1.29, 1.82) is 0 Å². The molecule has 0 bridgehead atoms. The molecule has 2 heterocycles. The molecule has 1 amide bonds. The molecule has 1 aromatic carbocycles. The Bertz CT molecular complexity index is 878. The van der Waals surface area contributed by atoms with Crippen LogP contribution in [0.15, 0.2) is 23.1 Å². The van der Waals surface area contributed by atoms with Crippen molar-refractivity contribution in [3.8, 4) is 0 Å². The standard InChI is InChI=1S/C23H35N3O3S/c1-18-7-8-19(2)22(15-18)30(28,29)26-13-11-24(12-14-26)17-23(27)25-10-9-20-5-3-4-6-21(20)16-25/h7-8,15,20-21H,3-6,9-14,16-17H2,1-2H3/t20-,21-/m1/s1. The van der Waals surface area contributed by atoms with Gasteiger partial charge in [-0.3, -0.25) is 9.69 Å². The Morgan fingerprint density at radius 3 is 2.40 bits per heavy atom. The highest BCUT2D eigenvalue weighted by molar-refractivity contribution is 7.89. The number of aryl methyl sites for hydroxylation is 2. The highest BCUT2D eigenvalue weighted by Crippen LogP contribution is 2.36. The van der Waals surface area contributed by atoms with Crippen molar-refractivity contribution in [2.24, 2.45) is 11.8 Å². The van der Waals surface area contributed by atoms with E-state index in [9.17, 15) is 13.2 Å². The summed E-state index contributed by atoms with van der Waals surface area (Å²) in [6, 6.07) is 5.57. The summed E-state index contributed by atoms with van der Waals surface area (Å²) in [5.74, 6) is 1.72. The third-order valence-electron chi connectivity index (χ3n) is 7.30. The maximum absolute atomic E-state index is 13.1. The third-order valence-corrected chi connectivity index (χ3v) is 9.34. The van der Waals surface area contributed by atoms with Crippen LogP contribution in [0.3, 0.4) is 0 Å². The number of piperidine rings is 1. The maximum Gasteiger partial charge on any atom is 0.243 e. The average molecular weight is 434 g/mol. The fourth-order valence-corrected chi connectivity index (χ4v) is 7.10. The molecule has 0 unspecified atom stereocenters. The van der Waals surface area contributed by atoms with Crippen molar-refractivity contribution in [2.45, 2.75) is 50.8 Å². The fourth-order valence-electron chi connectivity index (χ4n) is 5.37. The van der Waals surface area contributed by atoms with Crippen LogP contribution < -0.4 is 0 Å². The zero-order valence-corrected chi connectivity index (χ0v) is 19.2. The number of carbonyl (C=O) groups is 1. The molecule has 0 N–H and O–H groups in total. The van der Waals surface area contributed by atoms with Crippen LogP contribution in [0.2, 0.25) is 0 Å². The number of piperazine rings is 1. The fraction of sp³-hybridized carbons (Fsp3) is 0.696. The van der Waals surface area contributed by atoms with Gasteiger partial charge in [0.2, 0.25) is 15.9 Å². The van der Waals surface area contributed by atoms with Crippen molar-refractivity contribution < 1.29 is 13.2 Å². The van der Waals surface area contributed by atoms with Crippen LogP contribution in [-0.2, 0) is 14.8 Å². The number of fused-ring (bicyclic) bond motifs is 1. The molecule has 166 valence electrons. The molecule has 2 atom stereocenters. The maximum atomic E-state index is 13.1. The minimum atomic E-state index is -3.49. The van der Waals surface area contributed by atoms with Gasteiger partial charge in [-0.25, -0.2) is 8.42 Å². The summed E-state index contributed by atoms with van der Waals surface area (Å²) in [6.07, 6.45) is 6.41. The summed E-state index contributed by atoms with van der Waals surface area (Å²) in [5.41, 5.74) is 1.73. The first kappa shape index (κ1) is 21.8. The lowest BCUT2D eigenvalue weighted by Gasteiger charge is -2.42. The van der Waals surface area contributed by atoms with Gasteiger partial charge >= 0.3 is 0 Å². The summed E-state index contributed by atoms with van der Waals surface area (Å²) in [7, 11) is -3.49. The number of hydrogen-bond donors (Lipinski definition) is 0. The van der Waals surface area contributed by atoms with E-state index < -0.39 is 10.0 Å². The SMILES string of the molecule is Cc1ccc(C)c(S(=O)(=O)N2CCN(CC(=O)N3CC[C@H]4CCCC[C@@H]4C3)CC2)c1. The number of benzene rings is 1. The first-order valence-electron chi connectivity index (χ1n) is 11.4. The number of sulfonamides is 1. The number of likely N-dealkylation sites (tertiary alicyclic amines) is 1. The summed E-state index contributed by atoms with van der Waals surface area (Å²) < 4.78 is 27.8. The largest absolute Gasteiger partial charge is 0.341 e. The second kappa shape index (κ2) is 8.97. The smallest absolute Gasteiger partial charge is 0.243 e. The van der Waals surface area contributed by atoms with Gasteiger partial charge in [0, 0.05) is 39.3 Å². The Balaban J connectivity index is 1.31. The highest BCUT2D eigenvalue weighted by atomic mass is 32.2. The second-order valence-electron chi connectivity index (χ2n) is 9.38. The van der Waals surface area contributed by atoms with Crippen molar-refractivity contribution in [3.63, 3.8) is 0 Å². The van der Waals surface area contributed by atoms with E-state index in [1.807, 2.05) is 26.0 Å². The predicted octanol–water partition coefficient (Wildman–Crippen LogP) is 2.65. The van der Waals surface area contributed by atoms with Gasteiger partial charge in [0.1, 0.15) is 0 Å². The lowest BCUT2D eigenvalue weighted by molar-refractivity contribution is -0.135. The van der Waals surface area contributed by atoms with Crippen LogP contribution in [0.5, 0.6) is 0 Å². The Hall–Kier alpha value is -1.44. The number of nitrogens with zero attached hydrogens (tertiary/aromatic N) is 3. The van der Waals surface area contributed by atoms with Gasteiger partial charge in [0.15, 0.2) is 0 Å². The molecule has 3 fully saturated rings. The number of amides is 1. The van der Waals surface area contributed by atoms with Gasteiger partial charge in [0.05, 0.1) is 11.4 Å². The first-order chi connectivity index (χ1) is 14.3. The van der Waals surface area contributed by atoms with E-state index in [1.54, 1.807) is 10.4 Å². The van der Waals surface area contributed by atoms with Crippen LogP contribution in [0.25, 0.3) is 0 Å². The molecule has 2 saturated heterocycles. The van der Waals surface area contributed by atoms with Crippen LogP contribution in [0.4, 0.5) is 0 Å². The molecule has 1 saturated carbocycles. The topological polar surface area (TPSA) is 60.9 Å². The molecule has 30 heavy (non-hydrogen) atoms. The molecule has 2 aliphatic heterocycles. The first-order valence-corrected chi connectivity index (χ1v) is 12.9. The second-order valence-corrected chi connectivity index (χ2v) is 11.3. The summed E-state index contributed by atoms with van der Waals surface area (Å²) in [4.78, 5) is 17.5. The van der Waals surface area contributed by atoms with Crippen LogP contribution >= 0.6 is 0 Å². The Kier molecular flexibility index (Phi) is 6.51. The Morgan fingerprint density at radius 2 is 1.67 bits per heavy atom. The van der Waals surface area contributed by atoms with E-state index in [0.29, 0.717) is 43.5 Å². The zero-order valence-electron chi connectivity index (χ0n) is 18.3. The van der Waals surface area contributed by atoms with Gasteiger partial charge in [-0.05, 0) is 55.7 Å². The van der Waals surface area contributed by atoms with Crippen LogP contribution in [-0.4, -0.2) is 74.2 Å². The molecule has 4 rings (SSSR count). The summed E-state index contributed by atoms with van der Waals surface area (Å²) >= 11 is 0. The van der Waals surface area contributed by atoms with Gasteiger partial charge in [-0.15, -0.1) is 0 Å².